The Hall–Kier alpha value is -2.28. The molecule has 2 heterocycles. The zero-order valence-electron chi connectivity index (χ0n) is 11.7. The molecule has 2 aromatic rings. The first-order valence-corrected chi connectivity index (χ1v) is 6.76. The molecule has 7 heteroatoms. The van der Waals surface area contributed by atoms with Gasteiger partial charge in [-0.2, -0.15) is 0 Å². The van der Waals surface area contributed by atoms with E-state index in [0.29, 0.717) is 24.7 Å². The normalized spacial score (nSPS) is 18.0. The summed E-state index contributed by atoms with van der Waals surface area (Å²) in [5, 5.41) is 8.09. The molecule has 2 N–H and O–H groups in total. The summed E-state index contributed by atoms with van der Waals surface area (Å²) in [7, 11) is 0. The Morgan fingerprint density at radius 2 is 2.24 bits per heavy atom. The van der Waals surface area contributed by atoms with Gasteiger partial charge in [-0.05, 0) is 24.6 Å². The highest BCUT2D eigenvalue weighted by Crippen LogP contribution is 2.24. The molecule has 110 valence electrons. The molecule has 1 atom stereocenters. The smallest absolute Gasteiger partial charge is 0.246 e. The molecular weight excluding hydrogens is 273 g/mol. The summed E-state index contributed by atoms with van der Waals surface area (Å²) in [6.07, 6.45) is 0. The molecule has 1 aromatic heterocycles. The van der Waals surface area contributed by atoms with E-state index in [-0.39, 0.29) is 18.3 Å². The maximum absolute atomic E-state index is 13.2. The van der Waals surface area contributed by atoms with Crippen molar-refractivity contribution in [1.82, 2.24) is 19.7 Å². The van der Waals surface area contributed by atoms with E-state index in [1.54, 1.807) is 28.5 Å². The van der Waals surface area contributed by atoms with E-state index in [0.717, 1.165) is 5.56 Å². The summed E-state index contributed by atoms with van der Waals surface area (Å²) in [6.45, 7) is 2.75. The van der Waals surface area contributed by atoms with Crippen LogP contribution in [0.3, 0.4) is 0 Å². The van der Waals surface area contributed by atoms with Crippen molar-refractivity contribution in [3.8, 4) is 0 Å². The van der Waals surface area contributed by atoms with Gasteiger partial charge in [0, 0.05) is 6.54 Å². The highest BCUT2D eigenvalue weighted by molar-refractivity contribution is 5.81. The van der Waals surface area contributed by atoms with Gasteiger partial charge in [-0.25, -0.2) is 4.39 Å². The molecule has 0 bridgehead atoms. The number of carbonyl (C=O) groups is 1. The summed E-state index contributed by atoms with van der Waals surface area (Å²) in [4.78, 5) is 14.1. The lowest BCUT2D eigenvalue weighted by molar-refractivity contribution is -0.137. The van der Waals surface area contributed by atoms with E-state index in [2.05, 4.69) is 10.2 Å². The van der Waals surface area contributed by atoms with Crippen LogP contribution in [-0.2, 0) is 24.4 Å². The van der Waals surface area contributed by atoms with Crippen LogP contribution in [0.4, 0.5) is 4.39 Å². The fourth-order valence-electron chi connectivity index (χ4n) is 2.67. The van der Waals surface area contributed by atoms with Crippen LogP contribution in [-0.4, -0.2) is 25.6 Å². The monoisotopic (exact) mass is 289 g/mol. The van der Waals surface area contributed by atoms with Crippen molar-refractivity contribution < 1.29 is 9.18 Å². The molecule has 0 aliphatic carbocycles. The van der Waals surface area contributed by atoms with E-state index in [1.807, 2.05) is 0 Å². The van der Waals surface area contributed by atoms with Gasteiger partial charge in [-0.3, -0.25) is 9.36 Å². The molecule has 1 aliphatic rings. The van der Waals surface area contributed by atoms with E-state index >= 15 is 0 Å². The average molecular weight is 289 g/mol. The SMILES string of the molecule is C[C@H]1C(=O)N(Cc2cccc(F)c2)Cc2nnc(CN)n21. The number of hydrogen-bond acceptors (Lipinski definition) is 4. The summed E-state index contributed by atoms with van der Waals surface area (Å²) in [5.41, 5.74) is 6.36. The quantitative estimate of drug-likeness (QED) is 0.913. The Kier molecular flexibility index (Phi) is 3.42. The van der Waals surface area contributed by atoms with E-state index in [9.17, 15) is 9.18 Å². The minimum atomic E-state index is -0.393. The molecule has 1 amide bonds. The Labute approximate surface area is 121 Å². The fraction of sp³-hybridized carbons (Fsp3) is 0.357. The molecule has 0 saturated heterocycles. The largest absolute Gasteiger partial charge is 0.329 e. The number of hydrogen-bond donors (Lipinski definition) is 1. The predicted molar refractivity (Wildman–Crippen MR) is 73.3 cm³/mol. The molecule has 6 nitrogen and oxygen atoms in total. The maximum Gasteiger partial charge on any atom is 0.246 e. The number of nitrogens with zero attached hydrogens (tertiary/aromatic N) is 4. The lowest BCUT2D eigenvalue weighted by Gasteiger charge is -2.32. The van der Waals surface area contributed by atoms with Gasteiger partial charge in [0.2, 0.25) is 5.91 Å². The Morgan fingerprint density at radius 1 is 1.43 bits per heavy atom. The van der Waals surface area contributed by atoms with Crippen LogP contribution in [0, 0.1) is 5.82 Å². The summed E-state index contributed by atoms with van der Waals surface area (Å²) < 4.78 is 15.0. The third-order valence-corrected chi connectivity index (χ3v) is 3.67. The Bertz CT molecular complexity index is 684. The van der Waals surface area contributed by atoms with Crippen molar-refractivity contribution in [3.63, 3.8) is 0 Å². The topological polar surface area (TPSA) is 77.0 Å². The molecule has 0 fully saturated rings. The molecule has 3 rings (SSSR count). The minimum absolute atomic E-state index is 0.0405. The van der Waals surface area contributed by atoms with E-state index in [1.165, 1.54) is 12.1 Å². The highest BCUT2D eigenvalue weighted by atomic mass is 19.1. The molecule has 0 unspecified atom stereocenters. The number of fused-ring (bicyclic) bond motifs is 1. The zero-order chi connectivity index (χ0) is 15.0. The number of halogens is 1. The molecule has 21 heavy (non-hydrogen) atoms. The van der Waals surface area contributed by atoms with Crippen molar-refractivity contribution in [3.05, 3.63) is 47.3 Å². The maximum atomic E-state index is 13.2. The van der Waals surface area contributed by atoms with Crippen molar-refractivity contribution in [2.24, 2.45) is 5.73 Å². The zero-order valence-corrected chi connectivity index (χ0v) is 11.7. The molecule has 0 saturated carbocycles. The van der Waals surface area contributed by atoms with Crippen LogP contribution in [0.2, 0.25) is 0 Å². The number of carbonyl (C=O) groups excluding carboxylic acids is 1. The second kappa shape index (κ2) is 5.25. The molecule has 0 spiro atoms. The van der Waals surface area contributed by atoms with Crippen LogP contribution in [0.25, 0.3) is 0 Å². The van der Waals surface area contributed by atoms with Gasteiger partial charge in [-0.15, -0.1) is 10.2 Å². The second-order valence-corrected chi connectivity index (χ2v) is 5.11. The van der Waals surface area contributed by atoms with Gasteiger partial charge in [0.25, 0.3) is 0 Å². The number of nitrogens with two attached hydrogens (primary N) is 1. The molecule has 1 aliphatic heterocycles. The van der Waals surface area contributed by atoms with Crippen LogP contribution in [0.5, 0.6) is 0 Å². The number of amides is 1. The number of aromatic nitrogens is 3. The van der Waals surface area contributed by atoms with Crippen LogP contribution >= 0.6 is 0 Å². The average Bonchev–Trinajstić information content (AvgIpc) is 2.87. The number of rotatable bonds is 3. The Morgan fingerprint density at radius 3 is 2.95 bits per heavy atom. The van der Waals surface area contributed by atoms with Crippen molar-refractivity contribution >= 4 is 5.91 Å². The predicted octanol–water partition coefficient (Wildman–Crippen LogP) is 0.979. The van der Waals surface area contributed by atoms with E-state index < -0.39 is 6.04 Å². The van der Waals surface area contributed by atoms with Crippen molar-refractivity contribution in [1.29, 1.82) is 0 Å². The van der Waals surface area contributed by atoms with Crippen LogP contribution in [0.15, 0.2) is 24.3 Å². The van der Waals surface area contributed by atoms with Gasteiger partial charge in [-0.1, -0.05) is 12.1 Å². The van der Waals surface area contributed by atoms with E-state index in [4.69, 9.17) is 5.73 Å². The van der Waals surface area contributed by atoms with Gasteiger partial charge in [0.1, 0.15) is 17.7 Å². The van der Waals surface area contributed by atoms with Gasteiger partial charge >= 0.3 is 0 Å². The standard InChI is InChI=1S/C14H16FN5O/c1-9-14(21)19(7-10-3-2-4-11(15)5-10)8-13-18-17-12(6-16)20(9)13/h2-5,9H,6-8,16H2,1H3/t9-/m0/s1. The van der Waals surface area contributed by atoms with Crippen LogP contribution in [0.1, 0.15) is 30.2 Å². The third kappa shape index (κ3) is 2.40. The molecular formula is C14H16FN5O. The summed E-state index contributed by atoms with van der Waals surface area (Å²) >= 11 is 0. The van der Waals surface area contributed by atoms with Crippen molar-refractivity contribution in [2.45, 2.75) is 32.6 Å². The second-order valence-electron chi connectivity index (χ2n) is 5.11. The number of benzene rings is 1. The lowest BCUT2D eigenvalue weighted by atomic mass is 10.1. The summed E-state index contributed by atoms with van der Waals surface area (Å²) in [6, 6.07) is 5.86. The first-order chi connectivity index (χ1) is 10.1. The minimum Gasteiger partial charge on any atom is -0.329 e. The van der Waals surface area contributed by atoms with Gasteiger partial charge in [0.15, 0.2) is 5.82 Å². The Balaban J connectivity index is 1.87. The summed E-state index contributed by atoms with van der Waals surface area (Å²) in [5.74, 6) is 0.968. The lowest BCUT2D eigenvalue weighted by Crippen LogP contribution is -2.41. The first kappa shape index (κ1) is 13.7. The van der Waals surface area contributed by atoms with Gasteiger partial charge < -0.3 is 10.6 Å². The third-order valence-electron chi connectivity index (χ3n) is 3.67. The fourth-order valence-corrected chi connectivity index (χ4v) is 2.67. The molecule has 0 radical (unpaired) electrons. The van der Waals surface area contributed by atoms with Crippen LogP contribution < -0.4 is 5.73 Å². The first-order valence-electron chi connectivity index (χ1n) is 6.76. The highest BCUT2D eigenvalue weighted by Gasteiger charge is 2.32. The van der Waals surface area contributed by atoms with Gasteiger partial charge in [0.05, 0.1) is 13.1 Å². The van der Waals surface area contributed by atoms with Crippen molar-refractivity contribution in [2.75, 3.05) is 0 Å². The molecule has 1 aromatic carbocycles.